The van der Waals surface area contributed by atoms with Crippen LogP contribution < -0.4 is 5.32 Å². The van der Waals surface area contributed by atoms with Crippen LogP contribution in [0.15, 0.2) is 29.8 Å². The predicted octanol–water partition coefficient (Wildman–Crippen LogP) is 4.34. The van der Waals surface area contributed by atoms with Crippen LogP contribution in [0, 0.1) is 16.7 Å². The van der Waals surface area contributed by atoms with Gasteiger partial charge in [0.05, 0.1) is 17.3 Å². The van der Waals surface area contributed by atoms with Crippen molar-refractivity contribution in [3.8, 4) is 6.07 Å². The standard InChI is InChI=1S/C20H27N3O/c1-5-11-23(12-6-2)19(24)22-18-16-10-8-7-9-15(16)13-20(3,4)17(18)14-21/h7-10H,5-6,11-13H2,1-4H3,(H,22,24). The average molecular weight is 325 g/mol. The van der Waals surface area contributed by atoms with Crippen LogP contribution in [0.2, 0.25) is 0 Å². The van der Waals surface area contributed by atoms with Gasteiger partial charge in [-0.15, -0.1) is 0 Å². The van der Waals surface area contributed by atoms with Gasteiger partial charge in [-0.1, -0.05) is 52.0 Å². The lowest BCUT2D eigenvalue weighted by molar-refractivity contribution is 0.202. The molecule has 0 heterocycles. The molecule has 4 heteroatoms. The molecule has 4 nitrogen and oxygen atoms in total. The van der Waals surface area contributed by atoms with Crippen LogP contribution in [-0.4, -0.2) is 24.0 Å². The van der Waals surface area contributed by atoms with Crippen LogP contribution in [0.5, 0.6) is 0 Å². The third kappa shape index (κ3) is 3.62. The van der Waals surface area contributed by atoms with Crippen molar-refractivity contribution in [1.29, 1.82) is 5.26 Å². The Morgan fingerprint density at radius 1 is 1.25 bits per heavy atom. The van der Waals surface area contributed by atoms with E-state index in [1.165, 1.54) is 5.56 Å². The second-order valence-electron chi connectivity index (χ2n) is 7.00. The van der Waals surface area contributed by atoms with Crippen LogP contribution in [0.1, 0.15) is 51.7 Å². The van der Waals surface area contributed by atoms with Gasteiger partial charge in [0.1, 0.15) is 0 Å². The first-order chi connectivity index (χ1) is 11.4. The largest absolute Gasteiger partial charge is 0.325 e. The molecule has 2 amide bonds. The van der Waals surface area contributed by atoms with Crippen LogP contribution >= 0.6 is 0 Å². The highest BCUT2D eigenvalue weighted by Crippen LogP contribution is 2.41. The molecule has 0 bridgehead atoms. The SMILES string of the molecule is CCCN(CCC)C(=O)NC1=C(C#N)C(C)(C)Cc2ccccc21. The highest BCUT2D eigenvalue weighted by molar-refractivity contribution is 5.89. The number of hydrogen-bond acceptors (Lipinski definition) is 2. The summed E-state index contributed by atoms with van der Waals surface area (Å²) in [5.41, 5.74) is 3.18. The van der Waals surface area contributed by atoms with Crippen molar-refractivity contribution < 1.29 is 4.79 Å². The molecule has 0 aromatic heterocycles. The fraction of sp³-hybridized carbons (Fsp3) is 0.500. The molecule has 0 saturated heterocycles. The molecule has 24 heavy (non-hydrogen) atoms. The van der Waals surface area contributed by atoms with E-state index in [2.05, 4.69) is 45.1 Å². The molecule has 1 aliphatic rings. The van der Waals surface area contributed by atoms with Gasteiger partial charge in [-0.2, -0.15) is 5.26 Å². The van der Waals surface area contributed by atoms with Gasteiger partial charge >= 0.3 is 6.03 Å². The summed E-state index contributed by atoms with van der Waals surface area (Å²) in [6.07, 6.45) is 2.64. The first kappa shape index (κ1) is 18.1. The normalized spacial score (nSPS) is 15.5. The zero-order chi connectivity index (χ0) is 17.7. The third-order valence-corrected chi connectivity index (χ3v) is 4.46. The topological polar surface area (TPSA) is 56.1 Å². The smallest absolute Gasteiger partial charge is 0.321 e. The Bertz CT molecular complexity index is 676. The van der Waals surface area contributed by atoms with E-state index in [4.69, 9.17) is 0 Å². The zero-order valence-electron chi connectivity index (χ0n) is 15.1. The maximum Gasteiger partial charge on any atom is 0.321 e. The fourth-order valence-corrected chi connectivity index (χ4v) is 3.33. The van der Waals surface area contributed by atoms with Crippen LogP contribution in [0.4, 0.5) is 4.79 Å². The van der Waals surface area contributed by atoms with Gasteiger partial charge in [-0.05, 0) is 24.8 Å². The summed E-state index contributed by atoms with van der Waals surface area (Å²) in [5, 5.41) is 12.8. The van der Waals surface area contributed by atoms with Gasteiger partial charge in [0.25, 0.3) is 0 Å². The Kier molecular flexibility index (Phi) is 5.66. The highest BCUT2D eigenvalue weighted by atomic mass is 16.2. The minimum absolute atomic E-state index is 0.117. The lowest BCUT2D eigenvalue weighted by atomic mass is 9.72. The van der Waals surface area contributed by atoms with Crippen LogP contribution in [0.25, 0.3) is 5.70 Å². The summed E-state index contributed by atoms with van der Waals surface area (Å²) in [6.45, 7) is 9.69. The predicted molar refractivity (Wildman–Crippen MR) is 97.1 cm³/mol. The van der Waals surface area contributed by atoms with Gasteiger partial charge in [-0.3, -0.25) is 0 Å². The monoisotopic (exact) mass is 325 g/mol. The van der Waals surface area contributed by atoms with Gasteiger partial charge in [0, 0.05) is 24.1 Å². The molecular weight excluding hydrogens is 298 g/mol. The Balaban J connectivity index is 2.42. The fourth-order valence-electron chi connectivity index (χ4n) is 3.33. The number of allylic oxidation sites excluding steroid dienone is 1. The summed E-state index contributed by atoms with van der Waals surface area (Å²) in [4.78, 5) is 14.6. The number of carbonyl (C=O) groups is 1. The number of urea groups is 1. The Morgan fingerprint density at radius 3 is 2.46 bits per heavy atom. The molecule has 0 saturated carbocycles. The molecule has 128 valence electrons. The molecule has 0 atom stereocenters. The summed E-state index contributed by atoms with van der Waals surface area (Å²) in [6, 6.07) is 10.2. The minimum atomic E-state index is -0.286. The number of amides is 2. The van der Waals surface area contributed by atoms with E-state index in [9.17, 15) is 10.1 Å². The molecular formula is C20H27N3O. The molecule has 2 rings (SSSR count). The van der Waals surface area contributed by atoms with E-state index >= 15 is 0 Å². The lowest BCUT2D eigenvalue weighted by Crippen LogP contribution is -2.41. The van der Waals surface area contributed by atoms with Gasteiger partial charge in [0.2, 0.25) is 0 Å². The summed E-state index contributed by atoms with van der Waals surface area (Å²) < 4.78 is 0. The number of rotatable bonds is 5. The van der Waals surface area contributed by atoms with Crippen molar-refractivity contribution in [2.24, 2.45) is 5.41 Å². The van der Waals surface area contributed by atoms with Crippen molar-refractivity contribution in [2.75, 3.05) is 13.1 Å². The van der Waals surface area contributed by atoms with Crippen molar-refractivity contribution >= 4 is 11.7 Å². The van der Waals surface area contributed by atoms with Gasteiger partial charge in [-0.25, -0.2) is 4.79 Å². The Hall–Kier alpha value is -2.28. The van der Waals surface area contributed by atoms with Crippen molar-refractivity contribution in [3.05, 3.63) is 41.0 Å². The van der Waals surface area contributed by atoms with Crippen molar-refractivity contribution in [3.63, 3.8) is 0 Å². The zero-order valence-corrected chi connectivity index (χ0v) is 15.1. The number of carbonyl (C=O) groups excluding carboxylic acids is 1. The molecule has 0 radical (unpaired) electrons. The summed E-state index contributed by atoms with van der Waals surface area (Å²) in [7, 11) is 0. The number of hydrogen-bond donors (Lipinski definition) is 1. The van der Waals surface area contributed by atoms with Crippen LogP contribution in [0.3, 0.4) is 0 Å². The second kappa shape index (κ2) is 7.53. The number of nitrogens with zero attached hydrogens (tertiary/aromatic N) is 2. The molecule has 0 spiro atoms. The van der Waals surface area contributed by atoms with E-state index in [1.54, 1.807) is 0 Å². The van der Waals surface area contributed by atoms with E-state index in [1.807, 2.05) is 23.1 Å². The van der Waals surface area contributed by atoms with E-state index in [-0.39, 0.29) is 11.4 Å². The Morgan fingerprint density at radius 2 is 1.88 bits per heavy atom. The molecule has 1 aromatic rings. The number of nitriles is 1. The van der Waals surface area contributed by atoms with E-state index in [0.29, 0.717) is 11.3 Å². The first-order valence-electron chi connectivity index (χ1n) is 8.73. The molecule has 0 aliphatic heterocycles. The summed E-state index contributed by atoms with van der Waals surface area (Å²) >= 11 is 0. The van der Waals surface area contributed by atoms with Crippen LogP contribution in [-0.2, 0) is 6.42 Å². The van der Waals surface area contributed by atoms with Crippen molar-refractivity contribution in [2.45, 2.75) is 47.0 Å². The number of benzene rings is 1. The highest BCUT2D eigenvalue weighted by Gasteiger charge is 2.34. The minimum Gasteiger partial charge on any atom is -0.325 e. The molecule has 1 N–H and O–H groups in total. The van der Waals surface area contributed by atoms with Gasteiger partial charge in [0.15, 0.2) is 0 Å². The molecule has 0 fully saturated rings. The van der Waals surface area contributed by atoms with E-state index in [0.717, 1.165) is 37.9 Å². The summed E-state index contributed by atoms with van der Waals surface area (Å²) in [5.74, 6) is 0. The average Bonchev–Trinajstić information content (AvgIpc) is 2.53. The molecule has 1 aromatic carbocycles. The number of nitrogens with one attached hydrogen (secondary N) is 1. The maximum absolute atomic E-state index is 12.7. The molecule has 1 aliphatic carbocycles. The second-order valence-corrected chi connectivity index (χ2v) is 7.00. The Labute approximate surface area is 145 Å². The lowest BCUT2D eigenvalue weighted by Gasteiger charge is -2.34. The number of fused-ring (bicyclic) bond motifs is 1. The third-order valence-electron chi connectivity index (χ3n) is 4.46. The molecule has 0 unspecified atom stereocenters. The van der Waals surface area contributed by atoms with Crippen molar-refractivity contribution in [1.82, 2.24) is 10.2 Å². The quantitative estimate of drug-likeness (QED) is 0.875. The first-order valence-corrected chi connectivity index (χ1v) is 8.73. The van der Waals surface area contributed by atoms with E-state index < -0.39 is 0 Å². The maximum atomic E-state index is 12.7. The van der Waals surface area contributed by atoms with Gasteiger partial charge < -0.3 is 10.2 Å².